The minimum Gasteiger partial charge on any atom is -0.437 e. The predicted octanol–water partition coefficient (Wildman–Crippen LogP) is 3.36. The first-order valence-corrected chi connectivity index (χ1v) is 6.58. The fraction of sp³-hybridized carbons (Fsp3) is 0.400. The molecule has 0 aliphatic carbocycles. The van der Waals surface area contributed by atoms with Gasteiger partial charge in [-0.3, -0.25) is 0 Å². The van der Waals surface area contributed by atoms with E-state index in [0.717, 1.165) is 24.3 Å². The first-order chi connectivity index (χ1) is 9.01. The lowest BCUT2D eigenvalue weighted by Gasteiger charge is -2.08. The molecule has 0 aliphatic rings. The first-order valence-electron chi connectivity index (χ1n) is 6.58. The zero-order valence-corrected chi connectivity index (χ0v) is 12.0. The molecule has 0 amide bonds. The molecule has 0 saturated heterocycles. The standard InChI is InChI=1S/C15H21N3O/c1-5-6-13-14(16)15(18(4)17-13)19-12-8-10(2)7-11(3)9-12/h7-9H,5-6,16H2,1-4H3. The topological polar surface area (TPSA) is 53.1 Å². The van der Waals surface area contributed by atoms with Crippen molar-refractivity contribution in [2.45, 2.75) is 33.6 Å². The van der Waals surface area contributed by atoms with E-state index in [9.17, 15) is 0 Å². The Hall–Kier alpha value is -1.97. The smallest absolute Gasteiger partial charge is 0.241 e. The Balaban J connectivity index is 2.32. The summed E-state index contributed by atoms with van der Waals surface area (Å²) in [7, 11) is 1.85. The number of anilines is 1. The number of rotatable bonds is 4. The average Bonchev–Trinajstić information content (AvgIpc) is 2.56. The molecular weight excluding hydrogens is 238 g/mol. The lowest BCUT2D eigenvalue weighted by molar-refractivity contribution is 0.432. The Morgan fingerprint density at radius 3 is 2.42 bits per heavy atom. The summed E-state index contributed by atoms with van der Waals surface area (Å²) in [6.45, 7) is 6.21. The second-order valence-electron chi connectivity index (χ2n) is 4.96. The lowest BCUT2D eigenvalue weighted by atomic mass is 10.1. The van der Waals surface area contributed by atoms with Gasteiger partial charge >= 0.3 is 0 Å². The van der Waals surface area contributed by atoms with Crippen LogP contribution in [-0.2, 0) is 13.5 Å². The van der Waals surface area contributed by atoms with Crippen molar-refractivity contribution < 1.29 is 4.74 Å². The second kappa shape index (κ2) is 5.34. The van der Waals surface area contributed by atoms with Crippen molar-refractivity contribution in [2.24, 2.45) is 7.05 Å². The molecule has 4 nitrogen and oxygen atoms in total. The zero-order chi connectivity index (χ0) is 14.0. The SMILES string of the molecule is CCCc1nn(C)c(Oc2cc(C)cc(C)c2)c1N. The molecule has 0 radical (unpaired) electrons. The fourth-order valence-electron chi connectivity index (χ4n) is 2.22. The van der Waals surface area contributed by atoms with Crippen LogP contribution in [0.3, 0.4) is 0 Å². The summed E-state index contributed by atoms with van der Waals surface area (Å²) >= 11 is 0. The fourth-order valence-corrected chi connectivity index (χ4v) is 2.22. The van der Waals surface area contributed by atoms with Crippen molar-refractivity contribution in [3.8, 4) is 11.6 Å². The van der Waals surface area contributed by atoms with Crippen LogP contribution in [0.1, 0.15) is 30.2 Å². The highest BCUT2D eigenvalue weighted by molar-refractivity contribution is 5.54. The summed E-state index contributed by atoms with van der Waals surface area (Å²) < 4.78 is 7.61. The Bertz CT molecular complexity index is 567. The normalized spacial score (nSPS) is 10.7. The van der Waals surface area contributed by atoms with Crippen molar-refractivity contribution in [1.29, 1.82) is 0 Å². The van der Waals surface area contributed by atoms with E-state index in [4.69, 9.17) is 10.5 Å². The van der Waals surface area contributed by atoms with Crippen molar-refractivity contribution in [3.05, 3.63) is 35.0 Å². The van der Waals surface area contributed by atoms with Gasteiger partial charge in [-0.1, -0.05) is 19.4 Å². The number of nitrogen functional groups attached to an aromatic ring is 1. The molecule has 0 bridgehead atoms. The number of aryl methyl sites for hydroxylation is 4. The van der Waals surface area contributed by atoms with Gasteiger partial charge in [0.1, 0.15) is 11.4 Å². The predicted molar refractivity (Wildman–Crippen MR) is 77.6 cm³/mol. The highest BCUT2D eigenvalue weighted by Crippen LogP contribution is 2.31. The molecule has 0 fully saturated rings. The number of nitrogens with two attached hydrogens (primary N) is 1. The van der Waals surface area contributed by atoms with Gasteiger partial charge < -0.3 is 10.5 Å². The van der Waals surface area contributed by atoms with Crippen molar-refractivity contribution in [1.82, 2.24) is 9.78 Å². The molecule has 4 heteroatoms. The van der Waals surface area contributed by atoms with Gasteiger partial charge in [-0.2, -0.15) is 5.10 Å². The molecule has 0 saturated carbocycles. The van der Waals surface area contributed by atoms with Crippen molar-refractivity contribution in [2.75, 3.05) is 5.73 Å². The van der Waals surface area contributed by atoms with Gasteiger partial charge in [0.15, 0.2) is 0 Å². The van der Waals surface area contributed by atoms with Crippen LogP contribution in [-0.4, -0.2) is 9.78 Å². The second-order valence-corrected chi connectivity index (χ2v) is 4.96. The van der Waals surface area contributed by atoms with Crippen LogP contribution in [0.2, 0.25) is 0 Å². The van der Waals surface area contributed by atoms with Gasteiger partial charge in [0.05, 0.1) is 5.69 Å². The van der Waals surface area contributed by atoms with Crippen LogP contribution in [0.25, 0.3) is 0 Å². The molecule has 1 aromatic heterocycles. The Labute approximate surface area is 114 Å². The minimum atomic E-state index is 0.619. The van der Waals surface area contributed by atoms with E-state index in [-0.39, 0.29) is 0 Å². The Morgan fingerprint density at radius 2 is 1.84 bits per heavy atom. The maximum absolute atomic E-state index is 6.11. The number of benzene rings is 1. The molecule has 19 heavy (non-hydrogen) atoms. The number of hydrogen-bond acceptors (Lipinski definition) is 3. The molecule has 102 valence electrons. The number of ether oxygens (including phenoxy) is 1. The number of nitrogens with zero attached hydrogens (tertiary/aromatic N) is 2. The third kappa shape index (κ3) is 2.89. The molecule has 2 rings (SSSR count). The maximum Gasteiger partial charge on any atom is 0.241 e. The largest absolute Gasteiger partial charge is 0.437 e. The average molecular weight is 259 g/mol. The molecule has 0 spiro atoms. The lowest BCUT2D eigenvalue weighted by Crippen LogP contribution is -1.97. The van der Waals surface area contributed by atoms with Crippen LogP contribution < -0.4 is 10.5 Å². The number of aromatic nitrogens is 2. The van der Waals surface area contributed by atoms with E-state index in [1.54, 1.807) is 4.68 Å². The van der Waals surface area contributed by atoms with E-state index in [2.05, 4.69) is 31.9 Å². The van der Waals surface area contributed by atoms with Gasteiger partial charge in [0, 0.05) is 7.05 Å². The molecule has 2 N–H and O–H groups in total. The number of hydrogen-bond donors (Lipinski definition) is 1. The van der Waals surface area contributed by atoms with E-state index >= 15 is 0 Å². The quantitative estimate of drug-likeness (QED) is 0.916. The van der Waals surface area contributed by atoms with Crippen LogP contribution in [0.5, 0.6) is 11.6 Å². The van der Waals surface area contributed by atoms with E-state index < -0.39 is 0 Å². The molecule has 0 atom stereocenters. The molecule has 0 aliphatic heterocycles. The Morgan fingerprint density at radius 1 is 1.21 bits per heavy atom. The monoisotopic (exact) mass is 259 g/mol. The zero-order valence-electron chi connectivity index (χ0n) is 12.0. The van der Waals surface area contributed by atoms with Gasteiger partial charge in [-0.05, 0) is 43.5 Å². The molecule has 1 heterocycles. The summed E-state index contributed by atoms with van der Waals surface area (Å²) in [5.41, 5.74) is 10.00. The third-order valence-corrected chi connectivity index (χ3v) is 3.00. The first kappa shape index (κ1) is 13.5. The van der Waals surface area contributed by atoms with Crippen LogP contribution in [0, 0.1) is 13.8 Å². The van der Waals surface area contributed by atoms with Gasteiger partial charge in [0.2, 0.25) is 5.88 Å². The Kier molecular flexibility index (Phi) is 3.79. The van der Waals surface area contributed by atoms with E-state index in [0.29, 0.717) is 11.6 Å². The summed E-state index contributed by atoms with van der Waals surface area (Å²) in [4.78, 5) is 0. The molecule has 2 aromatic rings. The van der Waals surface area contributed by atoms with E-state index in [1.165, 1.54) is 11.1 Å². The van der Waals surface area contributed by atoms with E-state index in [1.807, 2.05) is 19.2 Å². The molecular formula is C15H21N3O. The van der Waals surface area contributed by atoms with Gasteiger partial charge in [0.25, 0.3) is 0 Å². The summed E-state index contributed by atoms with van der Waals surface area (Å²) in [6.07, 6.45) is 1.89. The highest BCUT2D eigenvalue weighted by Gasteiger charge is 2.14. The van der Waals surface area contributed by atoms with Gasteiger partial charge in [-0.25, -0.2) is 4.68 Å². The van der Waals surface area contributed by atoms with Gasteiger partial charge in [-0.15, -0.1) is 0 Å². The molecule has 0 unspecified atom stereocenters. The minimum absolute atomic E-state index is 0.619. The van der Waals surface area contributed by atoms with Crippen LogP contribution in [0.4, 0.5) is 5.69 Å². The van der Waals surface area contributed by atoms with Crippen LogP contribution in [0.15, 0.2) is 18.2 Å². The third-order valence-electron chi connectivity index (χ3n) is 3.00. The summed E-state index contributed by atoms with van der Waals surface area (Å²) in [6, 6.07) is 6.11. The van der Waals surface area contributed by atoms with Crippen molar-refractivity contribution in [3.63, 3.8) is 0 Å². The summed E-state index contributed by atoms with van der Waals surface area (Å²) in [5.74, 6) is 1.42. The summed E-state index contributed by atoms with van der Waals surface area (Å²) in [5, 5.41) is 4.41. The highest BCUT2D eigenvalue weighted by atomic mass is 16.5. The van der Waals surface area contributed by atoms with Crippen molar-refractivity contribution >= 4 is 5.69 Å². The van der Waals surface area contributed by atoms with Crippen LogP contribution >= 0.6 is 0 Å². The molecule has 1 aromatic carbocycles. The maximum atomic E-state index is 6.11.